The molecule has 5 rings (SSSR count). The number of nitrogens with one attached hydrogen (secondary N) is 1. The lowest BCUT2D eigenvalue weighted by Gasteiger charge is -2.42. The summed E-state index contributed by atoms with van der Waals surface area (Å²) in [4.78, 5) is 2.61. The van der Waals surface area contributed by atoms with E-state index in [0.29, 0.717) is 18.3 Å². The molecule has 44 heavy (non-hydrogen) atoms. The first-order chi connectivity index (χ1) is 20.8. The van der Waals surface area contributed by atoms with Crippen LogP contribution in [0.2, 0.25) is 0 Å². The smallest absolute Gasteiger partial charge is 0.261 e. The summed E-state index contributed by atoms with van der Waals surface area (Å²) >= 11 is 0. The molecule has 6 nitrogen and oxygen atoms in total. The summed E-state index contributed by atoms with van der Waals surface area (Å²) in [5.41, 5.74) is 4.75. The first-order valence-corrected chi connectivity index (χ1v) is 17.3. The number of hydrogen-bond acceptors (Lipinski definition) is 5. The van der Waals surface area contributed by atoms with E-state index in [2.05, 4.69) is 68.5 Å². The first-order valence-electron chi connectivity index (χ1n) is 15.8. The van der Waals surface area contributed by atoms with E-state index in [1.54, 1.807) is 18.2 Å². The molecule has 1 N–H and O–H groups in total. The van der Waals surface area contributed by atoms with E-state index in [1.165, 1.54) is 23.3 Å². The second-order valence-corrected chi connectivity index (χ2v) is 15.7. The average molecular weight is 623 g/mol. The van der Waals surface area contributed by atoms with Gasteiger partial charge < -0.3 is 9.47 Å². The number of fused-ring (bicyclic) bond motifs is 1. The Hall–Kier alpha value is -2.94. The molecule has 8 heteroatoms. The minimum atomic E-state index is -3.97. The molecule has 0 aromatic heterocycles. The van der Waals surface area contributed by atoms with Gasteiger partial charge in [0.05, 0.1) is 17.2 Å². The lowest BCUT2D eigenvalue weighted by Crippen LogP contribution is -2.48. The highest BCUT2D eigenvalue weighted by Gasteiger charge is 2.31. The number of halogens is 1. The van der Waals surface area contributed by atoms with Crippen LogP contribution in [0, 0.1) is 11.7 Å². The van der Waals surface area contributed by atoms with E-state index < -0.39 is 15.8 Å². The van der Waals surface area contributed by atoms with Gasteiger partial charge in [-0.05, 0) is 104 Å². The molecule has 2 aliphatic rings. The van der Waals surface area contributed by atoms with E-state index in [0.717, 1.165) is 69.5 Å². The number of benzene rings is 3. The average Bonchev–Trinajstić information content (AvgIpc) is 2.98. The van der Waals surface area contributed by atoms with Crippen LogP contribution in [-0.4, -0.2) is 45.2 Å². The summed E-state index contributed by atoms with van der Waals surface area (Å²) in [6.45, 7) is 14.9. The van der Waals surface area contributed by atoms with Gasteiger partial charge in [0, 0.05) is 37.9 Å². The van der Waals surface area contributed by atoms with Gasteiger partial charge >= 0.3 is 0 Å². The number of rotatable bonds is 10. The van der Waals surface area contributed by atoms with Crippen LogP contribution in [0.5, 0.6) is 5.75 Å². The van der Waals surface area contributed by atoms with Crippen molar-refractivity contribution >= 4 is 15.7 Å². The molecule has 0 amide bonds. The zero-order valence-electron chi connectivity index (χ0n) is 26.8. The maximum absolute atomic E-state index is 14.9. The highest BCUT2D eigenvalue weighted by Crippen LogP contribution is 2.31. The molecule has 0 saturated carbocycles. The van der Waals surface area contributed by atoms with E-state index in [9.17, 15) is 12.8 Å². The molecule has 3 aromatic carbocycles. The largest absolute Gasteiger partial charge is 0.493 e. The van der Waals surface area contributed by atoms with Crippen LogP contribution in [0.3, 0.4) is 0 Å². The van der Waals surface area contributed by atoms with E-state index >= 15 is 0 Å². The molecule has 238 valence electrons. The van der Waals surface area contributed by atoms with Crippen molar-refractivity contribution in [2.45, 2.75) is 89.1 Å². The molecule has 0 spiro atoms. The summed E-state index contributed by atoms with van der Waals surface area (Å²) in [5, 5.41) is 0. The number of anilines is 1. The third-order valence-corrected chi connectivity index (χ3v) is 10.5. The minimum absolute atomic E-state index is 0.0640. The molecule has 1 saturated heterocycles. The predicted octanol–water partition coefficient (Wildman–Crippen LogP) is 7.50. The maximum atomic E-state index is 14.9. The van der Waals surface area contributed by atoms with Gasteiger partial charge in [-0.15, -0.1) is 0 Å². The second-order valence-electron chi connectivity index (χ2n) is 14.0. The first kappa shape index (κ1) is 32.5. The van der Waals surface area contributed by atoms with Crippen LogP contribution in [0.25, 0.3) is 0 Å². The Bertz CT molecular complexity index is 1540. The second kappa shape index (κ2) is 13.2. The molecule has 3 aromatic rings. The lowest BCUT2D eigenvalue weighted by atomic mass is 9.85. The summed E-state index contributed by atoms with van der Waals surface area (Å²) < 4.78 is 55.0. The quantitative estimate of drug-likeness (QED) is 0.254. The third kappa shape index (κ3) is 8.01. The predicted molar refractivity (Wildman–Crippen MR) is 174 cm³/mol. The SMILES string of the molecule is CC(C)(C)c1ccc(CC(C)(C)N2CCc3cc(S(=O)(=O)Nc4ccc(OCCC5CCOCC5)cc4F)ccc3C2)cc1. The monoisotopic (exact) mass is 622 g/mol. The summed E-state index contributed by atoms with van der Waals surface area (Å²) in [6, 6.07) is 18.5. The van der Waals surface area contributed by atoms with Crippen molar-refractivity contribution in [3.8, 4) is 5.75 Å². The van der Waals surface area contributed by atoms with Crippen molar-refractivity contribution < 1.29 is 22.3 Å². The molecule has 2 aliphatic heterocycles. The highest BCUT2D eigenvalue weighted by molar-refractivity contribution is 7.92. The van der Waals surface area contributed by atoms with Crippen LogP contribution in [0.4, 0.5) is 10.1 Å². The maximum Gasteiger partial charge on any atom is 0.261 e. The summed E-state index contributed by atoms with van der Waals surface area (Å²) in [6.07, 6.45) is 4.60. The molecule has 1 fully saturated rings. The number of nitrogens with zero attached hydrogens (tertiary/aromatic N) is 1. The van der Waals surface area contributed by atoms with Crippen molar-refractivity contribution in [3.05, 3.63) is 88.7 Å². The van der Waals surface area contributed by atoms with Gasteiger partial charge in [-0.3, -0.25) is 9.62 Å². The molecular weight excluding hydrogens is 575 g/mol. The minimum Gasteiger partial charge on any atom is -0.493 e. The Balaban J connectivity index is 1.19. The van der Waals surface area contributed by atoms with Crippen LogP contribution in [-0.2, 0) is 39.6 Å². The van der Waals surface area contributed by atoms with Crippen LogP contribution >= 0.6 is 0 Å². The number of hydrogen-bond donors (Lipinski definition) is 1. The normalized spacial score (nSPS) is 16.9. The fourth-order valence-electron chi connectivity index (χ4n) is 6.20. The summed E-state index contributed by atoms with van der Waals surface area (Å²) in [7, 11) is -3.97. The highest BCUT2D eigenvalue weighted by atomic mass is 32.2. The van der Waals surface area contributed by atoms with E-state index in [1.807, 2.05) is 6.07 Å². The zero-order chi connectivity index (χ0) is 31.5. The number of ether oxygens (including phenoxy) is 2. The van der Waals surface area contributed by atoms with Gasteiger partial charge in [0.25, 0.3) is 10.0 Å². The van der Waals surface area contributed by atoms with Crippen molar-refractivity contribution in [1.82, 2.24) is 4.90 Å². The van der Waals surface area contributed by atoms with Crippen molar-refractivity contribution in [2.24, 2.45) is 5.92 Å². The lowest BCUT2D eigenvalue weighted by molar-refractivity contribution is 0.0593. The molecule has 0 unspecified atom stereocenters. The fourth-order valence-corrected chi connectivity index (χ4v) is 7.32. The van der Waals surface area contributed by atoms with Gasteiger partial charge in [0.15, 0.2) is 5.82 Å². The fraction of sp³-hybridized carbons (Fsp3) is 0.500. The van der Waals surface area contributed by atoms with Gasteiger partial charge in [-0.25, -0.2) is 12.8 Å². The summed E-state index contributed by atoms with van der Waals surface area (Å²) in [5.74, 6) is 0.282. The molecule has 0 atom stereocenters. The van der Waals surface area contributed by atoms with Crippen molar-refractivity contribution in [2.75, 3.05) is 31.1 Å². The number of sulfonamides is 1. The van der Waals surface area contributed by atoms with Gasteiger partial charge in [0.2, 0.25) is 0 Å². The molecule has 0 aliphatic carbocycles. The van der Waals surface area contributed by atoms with Crippen LogP contribution < -0.4 is 9.46 Å². The molecular formula is C36H47FN2O4S. The van der Waals surface area contributed by atoms with Gasteiger partial charge in [-0.2, -0.15) is 0 Å². The van der Waals surface area contributed by atoms with Gasteiger partial charge in [0.1, 0.15) is 5.75 Å². The zero-order valence-corrected chi connectivity index (χ0v) is 27.6. The van der Waals surface area contributed by atoms with Crippen molar-refractivity contribution in [1.29, 1.82) is 0 Å². The Kier molecular flexibility index (Phi) is 9.73. The van der Waals surface area contributed by atoms with Crippen molar-refractivity contribution in [3.63, 3.8) is 0 Å². The molecule has 2 heterocycles. The molecule has 0 radical (unpaired) electrons. The standard InChI is InChI=1S/C36H47FN2O4S/c1-35(2,3)30-9-6-27(7-10-30)24-36(4,5)39-18-14-28-22-32(12-8-29(28)25-39)44(40,41)38-34-13-11-31(23-33(34)37)43-21-17-26-15-19-42-20-16-26/h6-13,22-23,26,38H,14-21,24-25H2,1-5H3. The van der Waals surface area contributed by atoms with E-state index in [-0.39, 0.29) is 21.5 Å². The Morgan fingerprint density at radius 1 is 0.955 bits per heavy atom. The van der Waals surface area contributed by atoms with E-state index in [4.69, 9.17) is 9.47 Å². The Morgan fingerprint density at radius 2 is 1.68 bits per heavy atom. The topological polar surface area (TPSA) is 67.9 Å². The Morgan fingerprint density at radius 3 is 2.36 bits per heavy atom. The van der Waals surface area contributed by atoms with Gasteiger partial charge in [-0.1, -0.05) is 51.1 Å². The molecule has 0 bridgehead atoms. The van der Waals surface area contributed by atoms with Crippen LogP contribution in [0.1, 0.15) is 76.1 Å². The third-order valence-electron chi connectivity index (χ3n) is 9.13. The Labute approximate surface area is 263 Å². The van der Waals surface area contributed by atoms with Crippen LogP contribution in [0.15, 0.2) is 65.6 Å².